The molecule has 0 aliphatic rings. The lowest BCUT2D eigenvalue weighted by Crippen LogP contribution is -2.25. The van der Waals surface area contributed by atoms with E-state index in [1.54, 1.807) is 23.5 Å². The van der Waals surface area contributed by atoms with E-state index in [4.69, 9.17) is 5.73 Å². The van der Waals surface area contributed by atoms with Gasteiger partial charge in [-0.3, -0.25) is 19.2 Å². The van der Waals surface area contributed by atoms with Crippen LogP contribution in [0.3, 0.4) is 0 Å². The Labute approximate surface area is 185 Å². The van der Waals surface area contributed by atoms with Crippen molar-refractivity contribution in [1.29, 1.82) is 0 Å². The summed E-state index contributed by atoms with van der Waals surface area (Å²) in [6.45, 7) is 0.419. The van der Waals surface area contributed by atoms with Crippen molar-refractivity contribution in [3.63, 3.8) is 0 Å². The van der Waals surface area contributed by atoms with Gasteiger partial charge in [-0.2, -0.15) is 0 Å². The number of H-pyrrole nitrogens is 1. The zero-order chi connectivity index (χ0) is 22.2. The van der Waals surface area contributed by atoms with E-state index in [1.807, 2.05) is 17.5 Å². The molecule has 2 aromatic heterocycles. The van der Waals surface area contributed by atoms with Crippen molar-refractivity contribution in [2.24, 2.45) is 5.73 Å². The third kappa shape index (κ3) is 7.08. The first-order valence-corrected chi connectivity index (χ1v) is 11.0. The van der Waals surface area contributed by atoms with Crippen LogP contribution in [-0.2, 0) is 22.6 Å². The second-order valence-corrected chi connectivity index (χ2v) is 8.35. The Hall–Kier alpha value is -3.44. The molecule has 3 rings (SSSR count). The van der Waals surface area contributed by atoms with Crippen LogP contribution < -0.4 is 21.9 Å². The zero-order valence-corrected chi connectivity index (χ0v) is 17.8. The molecular formula is C20H19N5O4S2. The number of nitrogens with zero attached hydrogens (tertiary/aromatic N) is 1. The molecule has 9 nitrogen and oxygen atoms in total. The number of nitrogens with one attached hydrogen (secondary N) is 3. The predicted molar refractivity (Wildman–Crippen MR) is 119 cm³/mol. The Morgan fingerprint density at radius 2 is 1.90 bits per heavy atom. The summed E-state index contributed by atoms with van der Waals surface area (Å²) in [6.07, 6.45) is -0.0404. The second kappa shape index (κ2) is 10.5. The molecule has 31 heavy (non-hydrogen) atoms. The second-order valence-electron chi connectivity index (χ2n) is 6.35. The minimum absolute atomic E-state index is 0.00542. The Balaban J connectivity index is 1.52. The summed E-state index contributed by atoms with van der Waals surface area (Å²) in [5.74, 6) is -1.13. The van der Waals surface area contributed by atoms with Crippen LogP contribution in [0.5, 0.6) is 0 Å². The number of rotatable bonds is 9. The number of primary amides is 1. The normalized spacial score (nSPS) is 10.5. The molecule has 0 atom stereocenters. The molecule has 0 saturated heterocycles. The van der Waals surface area contributed by atoms with Crippen LogP contribution in [0.4, 0.5) is 5.69 Å². The van der Waals surface area contributed by atoms with E-state index in [1.165, 1.54) is 18.2 Å². The fourth-order valence-electron chi connectivity index (χ4n) is 2.52. The number of hydrogen-bond acceptors (Lipinski definition) is 7. The van der Waals surface area contributed by atoms with Crippen molar-refractivity contribution >= 4 is 46.5 Å². The van der Waals surface area contributed by atoms with Gasteiger partial charge in [-0.1, -0.05) is 17.8 Å². The van der Waals surface area contributed by atoms with E-state index in [0.717, 1.165) is 16.6 Å². The Morgan fingerprint density at radius 3 is 2.58 bits per heavy atom. The number of hydrogen-bond donors (Lipinski definition) is 4. The summed E-state index contributed by atoms with van der Waals surface area (Å²) >= 11 is 2.58. The molecule has 5 N–H and O–H groups in total. The first kappa shape index (κ1) is 22.2. The number of thioether (sulfide) groups is 1. The molecule has 0 aliphatic carbocycles. The van der Waals surface area contributed by atoms with E-state index in [9.17, 15) is 19.2 Å². The topological polar surface area (TPSA) is 147 Å². The van der Waals surface area contributed by atoms with Crippen molar-refractivity contribution in [3.05, 3.63) is 74.3 Å². The van der Waals surface area contributed by atoms with Gasteiger partial charge < -0.3 is 21.4 Å². The Bertz CT molecular complexity index is 1130. The van der Waals surface area contributed by atoms with Crippen molar-refractivity contribution in [2.45, 2.75) is 18.1 Å². The van der Waals surface area contributed by atoms with Crippen LogP contribution in [0.15, 0.2) is 57.8 Å². The quantitative estimate of drug-likeness (QED) is 0.283. The number of anilines is 1. The molecule has 160 valence electrons. The molecule has 0 radical (unpaired) electrons. The maximum absolute atomic E-state index is 12.1. The Morgan fingerprint density at radius 1 is 1.13 bits per heavy atom. The van der Waals surface area contributed by atoms with E-state index in [2.05, 4.69) is 20.6 Å². The summed E-state index contributed by atoms with van der Waals surface area (Å²) in [5, 5.41) is 7.62. The maximum Gasteiger partial charge on any atom is 0.251 e. The first-order chi connectivity index (χ1) is 14.9. The van der Waals surface area contributed by atoms with Crippen molar-refractivity contribution < 1.29 is 14.4 Å². The number of amides is 3. The van der Waals surface area contributed by atoms with Crippen LogP contribution >= 0.6 is 23.1 Å². The minimum atomic E-state index is -0.552. The van der Waals surface area contributed by atoms with Gasteiger partial charge in [0, 0.05) is 22.2 Å². The smallest absolute Gasteiger partial charge is 0.251 e. The number of aromatic nitrogens is 2. The number of thiophene rings is 1. The number of benzene rings is 1. The first-order valence-electron chi connectivity index (χ1n) is 9.11. The third-order valence-corrected chi connectivity index (χ3v) is 5.70. The zero-order valence-electron chi connectivity index (χ0n) is 16.2. The lowest BCUT2D eigenvalue weighted by Gasteiger charge is -2.07. The van der Waals surface area contributed by atoms with Crippen molar-refractivity contribution in [3.8, 4) is 0 Å². The predicted octanol–water partition coefficient (Wildman–Crippen LogP) is 1.52. The van der Waals surface area contributed by atoms with Gasteiger partial charge in [0.1, 0.15) is 0 Å². The third-order valence-electron chi connectivity index (χ3n) is 3.95. The lowest BCUT2D eigenvalue weighted by atomic mass is 10.2. The standard InChI is InChI=1S/C20H19N5O4S2/c21-19(29)12-3-5-13(6-4-12)23-18(28)11-31-20-24-14(9-17(27)25-20)8-16(26)22-10-15-2-1-7-30-15/h1-7,9H,8,10-11H2,(H2,21,29)(H,22,26)(H,23,28)(H,24,25,27). The maximum atomic E-state index is 12.1. The highest BCUT2D eigenvalue weighted by Gasteiger charge is 2.10. The highest BCUT2D eigenvalue weighted by atomic mass is 32.2. The lowest BCUT2D eigenvalue weighted by molar-refractivity contribution is -0.120. The number of carbonyl (C=O) groups is 3. The summed E-state index contributed by atoms with van der Waals surface area (Å²) in [6, 6.07) is 11.2. The van der Waals surface area contributed by atoms with Crippen LogP contribution in [0.1, 0.15) is 20.9 Å². The minimum Gasteiger partial charge on any atom is -0.366 e. The highest BCUT2D eigenvalue weighted by molar-refractivity contribution is 7.99. The largest absolute Gasteiger partial charge is 0.366 e. The molecule has 3 amide bonds. The van der Waals surface area contributed by atoms with Crippen LogP contribution in [0, 0.1) is 0 Å². The molecule has 0 unspecified atom stereocenters. The fraction of sp³-hybridized carbons (Fsp3) is 0.150. The van der Waals surface area contributed by atoms with Gasteiger partial charge in [0.05, 0.1) is 24.4 Å². The summed E-state index contributed by atoms with van der Waals surface area (Å²) in [5.41, 5.74) is 5.94. The molecule has 0 aliphatic heterocycles. The molecule has 1 aromatic carbocycles. The average Bonchev–Trinajstić information content (AvgIpc) is 3.24. The van der Waals surface area contributed by atoms with E-state index in [-0.39, 0.29) is 29.1 Å². The van der Waals surface area contributed by atoms with Gasteiger partial charge in [0.25, 0.3) is 5.56 Å². The SMILES string of the molecule is NC(=O)c1ccc(NC(=O)CSc2nc(CC(=O)NCc3cccs3)cc(=O)[nH]2)cc1. The molecule has 11 heteroatoms. The van der Waals surface area contributed by atoms with Crippen LogP contribution in [-0.4, -0.2) is 33.4 Å². The summed E-state index contributed by atoms with van der Waals surface area (Å²) in [4.78, 5) is 55.0. The molecular weight excluding hydrogens is 438 g/mol. The van der Waals surface area contributed by atoms with E-state index in [0.29, 0.717) is 23.5 Å². The molecule has 0 spiro atoms. The number of carbonyl (C=O) groups excluding carboxylic acids is 3. The van der Waals surface area contributed by atoms with Gasteiger partial charge in [-0.15, -0.1) is 11.3 Å². The van der Waals surface area contributed by atoms with Gasteiger partial charge in [-0.05, 0) is 35.7 Å². The van der Waals surface area contributed by atoms with E-state index >= 15 is 0 Å². The highest BCUT2D eigenvalue weighted by Crippen LogP contribution is 2.14. The Kier molecular flexibility index (Phi) is 7.57. The molecule has 0 fully saturated rings. The monoisotopic (exact) mass is 457 g/mol. The molecule has 0 bridgehead atoms. The van der Waals surface area contributed by atoms with Crippen LogP contribution in [0.25, 0.3) is 0 Å². The average molecular weight is 458 g/mol. The summed E-state index contributed by atoms with van der Waals surface area (Å²) < 4.78 is 0. The van der Waals surface area contributed by atoms with Crippen LogP contribution in [0.2, 0.25) is 0 Å². The van der Waals surface area contributed by atoms with Crippen molar-refractivity contribution in [2.75, 3.05) is 11.1 Å². The number of aromatic amines is 1. The molecule has 3 aromatic rings. The molecule has 2 heterocycles. The van der Waals surface area contributed by atoms with Gasteiger partial charge in [-0.25, -0.2) is 4.98 Å². The fourth-order valence-corrected chi connectivity index (χ4v) is 3.86. The van der Waals surface area contributed by atoms with Gasteiger partial charge in [0.15, 0.2) is 5.16 Å². The van der Waals surface area contributed by atoms with Gasteiger partial charge in [0.2, 0.25) is 17.7 Å². The number of nitrogens with two attached hydrogens (primary N) is 1. The van der Waals surface area contributed by atoms with Crippen molar-refractivity contribution in [1.82, 2.24) is 15.3 Å². The van der Waals surface area contributed by atoms with Gasteiger partial charge >= 0.3 is 0 Å². The molecule has 0 saturated carbocycles. The van der Waals surface area contributed by atoms with E-state index < -0.39 is 11.5 Å². The summed E-state index contributed by atoms with van der Waals surface area (Å²) in [7, 11) is 0.